The average molecular weight is 342 g/mol. The molecule has 0 radical (unpaired) electrons. The highest BCUT2D eigenvalue weighted by molar-refractivity contribution is 7.17. The van der Waals surface area contributed by atoms with E-state index in [1.807, 2.05) is 38.3 Å². The lowest BCUT2D eigenvalue weighted by molar-refractivity contribution is -0.131. The summed E-state index contributed by atoms with van der Waals surface area (Å²) in [6.45, 7) is 7.62. The number of rotatable bonds is 4. The summed E-state index contributed by atoms with van der Waals surface area (Å²) < 4.78 is 12.2. The molecule has 0 aliphatic heterocycles. The smallest absolute Gasteiger partial charge is 0.308 e. The summed E-state index contributed by atoms with van der Waals surface area (Å²) in [6.07, 6.45) is 1.80. The number of carbonyl (C=O) groups is 1. The van der Waals surface area contributed by atoms with Crippen LogP contribution in [0.2, 0.25) is 0 Å². The third kappa shape index (κ3) is 3.38. The van der Waals surface area contributed by atoms with Crippen molar-refractivity contribution in [1.29, 1.82) is 0 Å². The molecule has 0 saturated carbocycles. The Labute approximate surface area is 144 Å². The molecule has 0 spiro atoms. The first-order valence-electron chi connectivity index (χ1n) is 7.56. The Morgan fingerprint density at radius 1 is 1.25 bits per heavy atom. The van der Waals surface area contributed by atoms with Gasteiger partial charge in [-0.05, 0) is 38.5 Å². The van der Waals surface area contributed by atoms with Gasteiger partial charge in [-0.25, -0.2) is 9.97 Å². The fourth-order valence-corrected chi connectivity index (χ4v) is 3.50. The van der Waals surface area contributed by atoms with Gasteiger partial charge in [0, 0.05) is 39.8 Å². The van der Waals surface area contributed by atoms with Gasteiger partial charge in [-0.15, -0.1) is 11.3 Å². The Bertz CT molecular complexity index is 918. The van der Waals surface area contributed by atoms with Gasteiger partial charge in [0.05, 0.1) is 0 Å². The standard InChI is InChI=1S/C18H18N2O3S/c1-10-5-15(22-8-14-7-19-12(3)20-11(14)2)6-17-18(10)16(9-24-17)23-13(4)21/h5-7,9H,8H2,1-4H3. The summed E-state index contributed by atoms with van der Waals surface area (Å²) in [5.41, 5.74) is 2.90. The molecule has 2 aromatic heterocycles. The van der Waals surface area contributed by atoms with Crippen LogP contribution < -0.4 is 9.47 Å². The maximum absolute atomic E-state index is 11.2. The molecule has 1 aromatic carbocycles. The molecule has 0 amide bonds. The first kappa shape index (κ1) is 16.4. The van der Waals surface area contributed by atoms with Crippen LogP contribution in [0.5, 0.6) is 11.5 Å². The van der Waals surface area contributed by atoms with Gasteiger partial charge in [-0.1, -0.05) is 0 Å². The number of fused-ring (bicyclic) bond motifs is 1. The number of thiophene rings is 1. The molecule has 0 N–H and O–H groups in total. The lowest BCUT2D eigenvalue weighted by Crippen LogP contribution is -2.03. The Morgan fingerprint density at radius 2 is 2.04 bits per heavy atom. The molecular weight excluding hydrogens is 324 g/mol. The van der Waals surface area contributed by atoms with E-state index in [0.717, 1.165) is 38.5 Å². The van der Waals surface area contributed by atoms with Gasteiger partial charge in [-0.2, -0.15) is 0 Å². The quantitative estimate of drug-likeness (QED) is 0.667. The monoisotopic (exact) mass is 342 g/mol. The fourth-order valence-electron chi connectivity index (χ4n) is 2.53. The number of hydrogen-bond acceptors (Lipinski definition) is 6. The Hall–Kier alpha value is -2.47. The largest absolute Gasteiger partial charge is 0.489 e. The number of aromatic nitrogens is 2. The van der Waals surface area contributed by atoms with E-state index < -0.39 is 0 Å². The zero-order chi connectivity index (χ0) is 17.3. The first-order chi connectivity index (χ1) is 11.4. The van der Waals surface area contributed by atoms with E-state index >= 15 is 0 Å². The van der Waals surface area contributed by atoms with E-state index in [-0.39, 0.29) is 5.97 Å². The molecule has 0 unspecified atom stereocenters. The van der Waals surface area contributed by atoms with Crippen molar-refractivity contribution in [3.05, 3.63) is 46.4 Å². The highest BCUT2D eigenvalue weighted by Crippen LogP contribution is 2.37. The first-order valence-corrected chi connectivity index (χ1v) is 8.44. The second-order valence-corrected chi connectivity index (χ2v) is 6.53. The van der Waals surface area contributed by atoms with Gasteiger partial charge in [0.15, 0.2) is 0 Å². The van der Waals surface area contributed by atoms with Crippen LogP contribution >= 0.6 is 11.3 Å². The average Bonchev–Trinajstić information content (AvgIpc) is 2.89. The Morgan fingerprint density at radius 3 is 2.75 bits per heavy atom. The highest BCUT2D eigenvalue weighted by atomic mass is 32.1. The summed E-state index contributed by atoms with van der Waals surface area (Å²) in [5, 5.41) is 2.80. The molecule has 0 fully saturated rings. The number of nitrogens with zero attached hydrogens (tertiary/aromatic N) is 2. The molecule has 0 atom stereocenters. The topological polar surface area (TPSA) is 61.3 Å². The van der Waals surface area contributed by atoms with Crippen molar-refractivity contribution in [3.8, 4) is 11.5 Å². The summed E-state index contributed by atoms with van der Waals surface area (Å²) in [7, 11) is 0. The number of carbonyl (C=O) groups excluding carboxylic acids is 1. The van der Waals surface area contributed by atoms with Gasteiger partial charge in [0.2, 0.25) is 0 Å². The predicted octanol–water partition coefficient (Wildman–Crippen LogP) is 4.12. The van der Waals surface area contributed by atoms with Gasteiger partial charge in [-0.3, -0.25) is 4.79 Å². The molecule has 3 rings (SSSR count). The van der Waals surface area contributed by atoms with Gasteiger partial charge in [0.25, 0.3) is 0 Å². The van der Waals surface area contributed by atoms with Crippen molar-refractivity contribution in [3.63, 3.8) is 0 Å². The summed E-state index contributed by atoms with van der Waals surface area (Å²) in [5.74, 6) is 1.82. The van der Waals surface area contributed by atoms with E-state index in [9.17, 15) is 4.79 Å². The SMILES string of the molecule is CC(=O)Oc1csc2cc(OCc3cnc(C)nc3C)cc(C)c12. The Balaban J connectivity index is 1.84. The van der Waals surface area contributed by atoms with Crippen LogP contribution in [-0.4, -0.2) is 15.9 Å². The van der Waals surface area contributed by atoms with Gasteiger partial charge < -0.3 is 9.47 Å². The van der Waals surface area contributed by atoms with Gasteiger partial charge in [0.1, 0.15) is 23.9 Å². The fraction of sp³-hybridized carbons (Fsp3) is 0.278. The van der Waals surface area contributed by atoms with Crippen molar-refractivity contribution in [2.45, 2.75) is 34.3 Å². The molecule has 5 nitrogen and oxygen atoms in total. The van der Waals surface area contributed by atoms with Gasteiger partial charge >= 0.3 is 5.97 Å². The molecule has 24 heavy (non-hydrogen) atoms. The zero-order valence-electron chi connectivity index (χ0n) is 14.0. The van der Waals surface area contributed by atoms with Crippen LogP contribution in [0.4, 0.5) is 0 Å². The number of aryl methyl sites for hydroxylation is 3. The second-order valence-electron chi connectivity index (χ2n) is 5.62. The third-order valence-corrected chi connectivity index (χ3v) is 4.57. The minimum Gasteiger partial charge on any atom is -0.489 e. The minimum absolute atomic E-state index is 0.315. The highest BCUT2D eigenvalue weighted by Gasteiger charge is 2.12. The number of benzene rings is 1. The van der Waals surface area contributed by atoms with Crippen LogP contribution in [0.3, 0.4) is 0 Å². The lowest BCUT2D eigenvalue weighted by atomic mass is 10.1. The normalized spacial score (nSPS) is 10.8. The van der Waals surface area contributed by atoms with Crippen molar-refractivity contribution >= 4 is 27.4 Å². The number of ether oxygens (including phenoxy) is 2. The minimum atomic E-state index is -0.315. The molecule has 0 bridgehead atoms. The second kappa shape index (κ2) is 6.57. The van der Waals surface area contributed by atoms with Crippen LogP contribution in [0.25, 0.3) is 10.1 Å². The zero-order valence-corrected chi connectivity index (χ0v) is 14.9. The third-order valence-electron chi connectivity index (χ3n) is 3.66. The van der Waals surface area contributed by atoms with E-state index in [1.54, 1.807) is 6.20 Å². The van der Waals surface area contributed by atoms with E-state index in [4.69, 9.17) is 9.47 Å². The maximum atomic E-state index is 11.2. The van der Waals surface area contributed by atoms with Crippen molar-refractivity contribution in [2.24, 2.45) is 0 Å². The molecule has 0 saturated heterocycles. The lowest BCUT2D eigenvalue weighted by Gasteiger charge is -2.10. The summed E-state index contributed by atoms with van der Waals surface area (Å²) in [4.78, 5) is 19.8. The maximum Gasteiger partial charge on any atom is 0.308 e. The van der Waals surface area contributed by atoms with Crippen molar-refractivity contribution < 1.29 is 14.3 Å². The summed E-state index contributed by atoms with van der Waals surface area (Å²) >= 11 is 1.53. The van der Waals surface area contributed by atoms with Crippen LogP contribution in [0.1, 0.15) is 29.6 Å². The Kier molecular flexibility index (Phi) is 4.49. The number of esters is 1. The molecule has 2 heterocycles. The van der Waals surface area contributed by atoms with Crippen molar-refractivity contribution in [2.75, 3.05) is 0 Å². The number of hydrogen-bond donors (Lipinski definition) is 0. The summed E-state index contributed by atoms with van der Waals surface area (Å²) in [6, 6.07) is 3.91. The van der Waals surface area contributed by atoms with Crippen molar-refractivity contribution in [1.82, 2.24) is 9.97 Å². The van der Waals surface area contributed by atoms with Crippen LogP contribution in [-0.2, 0) is 11.4 Å². The molecule has 124 valence electrons. The van der Waals surface area contributed by atoms with E-state index in [2.05, 4.69) is 9.97 Å². The molecule has 0 aliphatic carbocycles. The molecule has 3 aromatic rings. The molecular formula is C18H18N2O3S. The molecule has 6 heteroatoms. The van der Waals surface area contributed by atoms with Crippen LogP contribution in [0.15, 0.2) is 23.7 Å². The van der Waals surface area contributed by atoms with Crippen LogP contribution in [0, 0.1) is 20.8 Å². The van der Waals surface area contributed by atoms with E-state index in [0.29, 0.717) is 12.4 Å². The van der Waals surface area contributed by atoms with E-state index in [1.165, 1.54) is 18.3 Å². The molecule has 0 aliphatic rings. The predicted molar refractivity (Wildman–Crippen MR) is 93.7 cm³/mol.